The molecule has 2 heterocycles. The second kappa shape index (κ2) is 7.05. The smallest absolute Gasteiger partial charge is 0.322 e. The minimum atomic E-state index is -0.245. The highest BCUT2D eigenvalue weighted by Gasteiger charge is 2.30. The van der Waals surface area contributed by atoms with Crippen LogP contribution in [0.1, 0.15) is 26.2 Å². The van der Waals surface area contributed by atoms with Crippen LogP contribution in [-0.4, -0.2) is 54.1 Å². The molecule has 1 saturated heterocycles. The molecule has 0 bridgehead atoms. The Kier molecular flexibility index (Phi) is 5.13. The van der Waals surface area contributed by atoms with Crippen molar-refractivity contribution in [3.63, 3.8) is 0 Å². The minimum Gasteiger partial charge on any atom is -0.467 e. The SMILES string of the molecule is CCNc1nc(OC)nc(N2CCCCC2C(=O)NC)n1. The summed E-state index contributed by atoms with van der Waals surface area (Å²) in [6, 6.07) is 0.00233. The van der Waals surface area contributed by atoms with Crippen LogP contribution in [0.25, 0.3) is 0 Å². The highest BCUT2D eigenvalue weighted by atomic mass is 16.5. The topological polar surface area (TPSA) is 92.3 Å². The summed E-state index contributed by atoms with van der Waals surface area (Å²) >= 11 is 0. The van der Waals surface area contributed by atoms with Crippen LogP contribution in [0.2, 0.25) is 0 Å². The lowest BCUT2D eigenvalue weighted by Crippen LogP contribution is -2.49. The zero-order chi connectivity index (χ0) is 15.2. The van der Waals surface area contributed by atoms with E-state index in [1.165, 1.54) is 7.11 Å². The molecule has 1 atom stereocenters. The van der Waals surface area contributed by atoms with Crippen LogP contribution in [0.3, 0.4) is 0 Å². The third kappa shape index (κ3) is 3.50. The van der Waals surface area contributed by atoms with Gasteiger partial charge in [0.05, 0.1) is 7.11 Å². The van der Waals surface area contributed by atoms with Crippen LogP contribution >= 0.6 is 0 Å². The summed E-state index contributed by atoms with van der Waals surface area (Å²) in [5, 5.41) is 5.75. The van der Waals surface area contributed by atoms with E-state index in [0.717, 1.165) is 25.8 Å². The van der Waals surface area contributed by atoms with Crippen molar-refractivity contribution in [2.75, 3.05) is 37.5 Å². The summed E-state index contributed by atoms with van der Waals surface area (Å²) in [6.45, 7) is 3.41. The van der Waals surface area contributed by atoms with E-state index in [4.69, 9.17) is 4.74 Å². The minimum absolute atomic E-state index is 0.0147. The van der Waals surface area contributed by atoms with Gasteiger partial charge in [-0.1, -0.05) is 0 Å². The first-order valence-corrected chi connectivity index (χ1v) is 7.21. The van der Waals surface area contributed by atoms with Crippen LogP contribution in [0.4, 0.5) is 11.9 Å². The number of amides is 1. The molecule has 1 aliphatic heterocycles. The van der Waals surface area contributed by atoms with E-state index >= 15 is 0 Å². The molecule has 2 rings (SSSR count). The summed E-state index contributed by atoms with van der Waals surface area (Å²) in [4.78, 5) is 26.8. The van der Waals surface area contributed by atoms with Crippen molar-refractivity contribution in [1.82, 2.24) is 20.3 Å². The molecule has 116 valence electrons. The van der Waals surface area contributed by atoms with Gasteiger partial charge in [-0.2, -0.15) is 15.0 Å². The molecule has 1 amide bonds. The van der Waals surface area contributed by atoms with Gasteiger partial charge in [0.1, 0.15) is 6.04 Å². The number of hydrogen-bond donors (Lipinski definition) is 2. The van der Waals surface area contributed by atoms with Gasteiger partial charge in [-0.3, -0.25) is 4.79 Å². The number of aromatic nitrogens is 3. The lowest BCUT2D eigenvalue weighted by atomic mass is 10.0. The van der Waals surface area contributed by atoms with Gasteiger partial charge in [-0.15, -0.1) is 0 Å². The largest absolute Gasteiger partial charge is 0.467 e. The van der Waals surface area contributed by atoms with E-state index in [1.54, 1.807) is 7.05 Å². The van der Waals surface area contributed by atoms with Gasteiger partial charge in [0, 0.05) is 20.1 Å². The Morgan fingerprint density at radius 2 is 2.19 bits per heavy atom. The van der Waals surface area contributed by atoms with Crippen LogP contribution in [0.15, 0.2) is 0 Å². The molecule has 0 saturated carbocycles. The number of rotatable bonds is 5. The normalized spacial score (nSPS) is 18.2. The fourth-order valence-corrected chi connectivity index (χ4v) is 2.41. The van der Waals surface area contributed by atoms with Crippen molar-refractivity contribution in [1.29, 1.82) is 0 Å². The number of anilines is 2. The highest BCUT2D eigenvalue weighted by Crippen LogP contribution is 2.24. The van der Waals surface area contributed by atoms with Crippen molar-refractivity contribution in [2.24, 2.45) is 0 Å². The van der Waals surface area contributed by atoms with Crippen molar-refractivity contribution in [3.8, 4) is 6.01 Å². The van der Waals surface area contributed by atoms with E-state index in [2.05, 4.69) is 25.6 Å². The molecule has 1 aromatic rings. The Labute approximate surface area is 124 Å². The maximum atomic E-state index is 12.0. The fourth-order valence-electron chi connectivity index (χ4n) is 2.41. The second-order valence-corrected chi connectivity index (χ2v) is 4.80. The summed E-state index contributed by atoms with van der Waals surface area (Å²) < 4.78 is 5.13. The summed E-state index contributed by atoms with van der Waals surface area (Å²) in [6.07, 6.45) is 2.83. The van der Waals surface area contributed by atoms with Crippen molar-refractivity contribution < 1.29 is 9.53 Å². The van der Waals surface area contributed by atoms with Crippen molar-refractivity contribution >= 4 is 17.8 Å². The van der Waals surface area contributed by atoms with Crippen LogP contribution in [0, 0.1) is 0 Å². The molecule has 1 fully saturated rings. The number of piperidine rings is 1. The van der Waals surface area contributed by atoms with Gasteiger partial charge >= 0.3 is 6.01 Å². The average Bonchev–Trinajstić information content (AvgIpc) is 2.54. The molecule has 0 radical (unpaired) electrons. The summed E-state index contributed by atoms with van der Waals surface area (Å²) in [5.41, 5.74) is 0. The van der Waals surface area contributed by atoms with E-state index in [9.17, 15) is 4.79 Å². The molecular formula is C13H22N6O2. The third-order valence-corrected chi connectivity index (χ3v) is 3.43. The summed E-state index contributed by atoms with van der Waals surface area (Å²) in [5.74, 6) is 0.922. The van der Waals surface area contributed by atoms with E-state index < -0.39 is 0 Å². The molecule has 1 aliphatic rings. The fraction of sp³-hybridized carbons (Fsp3) is 0.692. The quantitative estimate of drug-likeness (QED) is 0.813. The first-order valence-electron chi connectivity index (χ1n) is 7.21. The van der Waals surface area contributed by atoms with Gasteiger partial charge < -0.3 is 20.3 Å². The number of carbonyl (C=O) groups is 1. The molecule has 8 heteroatoms. The van der Waals surface area contributed by atoms with Crippen LogP contribution < -0.4 is 20.3 Å². The number of nitrogens with one attached hydrogen (secondary N) is 2. The molecule has 1 unspecified atom stereocenters. The molecule has 0 aliphatic carbocycles. The highest BCUT2D eigenvalue weighted by molar-refractivity contribution is 5.84. The number of likely N-dealkylation sites (N-methyl/N-ethyl adjacent to an activating group) is 1. The maximum absolute atomic E-state index is 12.0. The zero-order valence-electron chi connectivity index (χ0n) is 12.7. The molecule has 21 heavy (non-hydrogen) atoms. The number of carbonyl (C=O) groups excluding carboxylic acids is 1. The first kappa shape index (κ1) is 15.3. The molecule has 0 aromatic carbocycles. The lowest BCUT2D eigenvalue weighted by molar-refractivity contribution is -0.122. The van der Waals surface area contributed by atoms with E-state index in [1.807, 2.05) is 11.8 Å². The first-order chi connectivity index (χ1) is 10.2. The maximum Gasteiger partial charge on any atom is 0.322 e. The van der Waals surface area contributed by atoms with Crippen LogP contribution in [0.5, 0.6) is 6.01 Å². The Morgan fingerprint density at radius 3 is 2.86 bits per heavy atom. The van der Waals surface area contributed by atoms with E-state index in [0.29, 0.717) is 18.4 Å². The molecule has 2 N–H and O–H groups in total. The Bertz CT molecular complexity index is 496. The van der Waals surface area contributed by atoms with Crippen LogP contribution in [-0.2, 0) is 4.79 Å². The molecule has 0 spiro atoms. The molecule has 8 nitrogen and oxygen atoms in total. The Balaban J connectivity index is 2.32. The Morgan fingerprint density at radius 1 is 1.38 bits per heavy atom. The van der Waals surface area contributed by atoms with Gasteiger partial charge in [-0.25, -0.2) is 0 Å². The number of ether oxygens (including phenoxy) is 1. The predicted molar refractivity (Wildman–Crippen MR) is 79.6 cm³/mol. The predicted octanol–water partition coefficient (Wildman–Crippen LogP) is 0.417. The van der Waals surface area contributed by atoms with Crippen molar-refractivity contribution in [3.05, 3.63) is 0 Å². The number of methoxy groups -OCH3 is 1. The average molecular weight is 294 g/mol. The molecular weight excluding hydrogens is 272 g/mol. The zero-order valence-corrected chi connectivity index (χ0v) is 12.7. The van der Waals surface area contributed by atoms with Crippen molar-refractivity contribution in [2.45, 2.75) is 32.2 Å². The molecule has 1 aromatic heterocycles. The second-order valence-electron chi connectivity index (χ2n) is 4.80. The van der Waals surface area contributed by atoms with Gasteiger partial charge in [0.2, 0.25) is 17.8 Å². The third-order valence-electron chi connectivity index (χ3n) is 3.43. The van der Waals surface area contributed by atoms with E-state index in [-0.39, 0.29) is 18.0 Å². The monoisotopic (exact) mass is 294 g/mol. The van der Waals surface area contributed by atoms with Gasteiger partial charge in [0.15, 0.2) is 0 Å². The van der Waals surface area contributed by atoms with Gasteiger partial charge in [0.25, 0.3) is 0 Å². The standard InChI is InChI=1S/C13H22N6O2/c1-4-15-11-16-12(18-13(17-11)21-3)19-8-6-5-7-9(19)10(20)14-2/h9H,4-8H2,1-3H3,(H,14,20)(H,15,16,17,18). The summed E-state index contributed by atoms with van der Waals surface area (Å²) in [7, 11) is 3.16. The Hall–Kier alpha value is -2.12. The number of nitrogens with zero attached hydrogens (tertiary/aromatic N) is 4. The lowest BCUT2D eigenvalue weighted by Gasteiger charge is -2.34. The van der Waals surface area contributed by atoms with Gasteiger partial charge in [-0.05, 0) is 26.2 Å². The number of hydrogen-bond acceptors (Lipinski definition) is 7.